The average molecular weight is 331 g/mol. The molecule has 0 bridgehead atoms. The van der Waals surface area contributed by atoms with Gasteiger partial charge in [-0.15, -0.1) is 11.3 Å². The second-order valence-corrected chi connectivity index (χ2v) is 5.96. The van der Waals surface area contributed by atoms with Gasteiger partial charge in [0.1, 0.15) is 5.69 Å². The van der Waals surface area contributed by atoms with E-state index in [1.165, 1.54) is 11.3 Å². The largest absolute Gasteiger partial charge is 0.481 e. The van der Waals surface area contributed by atoms with Crippen molar-refractivity contribution in [3.8, 4) is 0 Å². The van der Waals surface area contributed by atoms with Crippen LogP contribution in [-0.4, -0.2) is 15.6 Å². The minimum atomic E-state index is -0.929. The van der Waals surface area contributed by atoms with Gasteiger partial charge in [0.15, 0.2) is 4.80 Å². The number of rotatable bonds is 3. The molecule has 0 spiro atoms. The van der Waals surface area contributed by atoms with Crippen LogP contribution in [0, 0.1) is 6.92 Å². The van der Waals surface area contributed by atoms with Crippen molar-refractivity contribution in [1.29, 1.82) is 0 Å². The number of hydrogen-bond donors (Lipinski definition) is 1. The maximum Gasteiger partial charge on any atom is 0.307 e. The van der Waals surface area contributed by atoms with E-state index in [4.69, 9.17) is 28.3 Å². The lowest BCUT2D eigenvalue weighted by Crippen LogP contribution is -2.11. The number of nitrogens with zero attached hydrogens (tertiary/aromatic N) is 2. The van der Waals surface area contributed by atoms with E-state index in [2.05, 4.69) is 4.99 Å². The molecule has 1 heterocycles. The fourth-order valence-corrected chi connectivity index (χ4v) is 3.14. The number of carboxylic acids is 1. The van der Waals surface area contributed by atoms with Crippen LogP contribution in [0.5, 0.6) is 0 Å². The molecule has 4 nitrogen and oxygen atoms in total. The number of aryl methyl sites for hydroxylation is 1. The zero-order valence-corrected chi connectivity index (χ0v) is 13.2. The summed E-state index contributed by atoms with van der Waals surface area (Å²) in [5.41, 5.74) is 2.10. The fourth-order valence-electron chi connectivity index (χ4n) is 1.65. The average Bonchev–Trinajstić information content (AvgIpc) is 2.64. The first-order valence-corrected chi connectivity index (χ1v) is 7.37. The molecule has 2 rings (SSSR count). The number of carboxylic acid groups (broad SMARTS) is 1. The van der Waals surface area contributed by atoms with Gasteiger partial charge in [0, 0.05) is 18.1 Å². The maximum atomic E-state index is 10.7. The van der Waals surface area contributed by atoms with Gasteiger partial charge in [-0.2, -0.15) is 0 Å². The van der Waals surface area contributed by atoms with Crippen LogP contribution in [-0.2, 0) is 18.3 Å². The van der Waals surface area contributed by atoms with Gasteiger partial charge in [-0.05, 0) is 24.6 Å². The first-order chi connectivity index (χ1) is 9.38. The number of aromatic nitrogens is 1. The van der Waals surface area contributed by atoms with Gasteiger partial charge < -0.3 is 9.67 Å². The summed E-state index contributed by atoms with van der Waals surface area (Å²) in [5, 5.41) is 11.5. The molecule has 20 heavy (non-hydrogen) atoms. The highest BCUT2D eigenvalue weighted by atomic mass is 35.5. The van der Waals surface area contributed by atoms with Crippen molar-refractivity contribution in [2.24, 2.45) is 12.0 Å². The second-order valence-electron chi connectivity index (χ2n) is 4.31. The number of thiazole rings is 1. The Labute approximate surface area is 129 Å². The molecule has 0 atom stereocenters. The van der Waals surface area contributed by atoms with Crippen LogP contribution in [0.3, 0.4) is 0 Å². The summed E-state index contributed by atoms with van der Waals surface area (Å²) >= 11 is 13.8. The Balaban J connectivity index is 2.51. The topological polar surface area (TPSA) is 54.6 Å². The molecular formula is C13H12Cl2N2O2S. The standard InChI is InChI=1S/C13H12Cl2N2O2S/c1-7-6-20-13(17(7)2)16-12-9(14)3-8(4-10(12)15)5-11(18)19/h3-4,6H,5H2,1-2H3,(H,18,19)/b16-13-. The number of aliphatic carboxylic acids is 1. The van der Waals surface area contributed by atoms with Crippen LogP contribution in [0.15, 0.2) is 22.5 Å². The Morgan fingerprint density at radius 1 is 1.40 bits per heavy atom. The van der Waals surface area contributed by atoms with Gasteiger partial charge in [-0.25, -0.2) is 4.99 Å². The Kier molecular flexibility index (Phi) is 4.52. The predicted molar refractivity (Wildman–Crippen MR) is 81.1 cm³/mol. The van der Waals surface area contributed by atoms with Crippen LogP contribution in [0.4, 0.5) is 5.69 Å². The molecule has 0 saturated carbocycles. The maximum absolute atomic E-state index is 10.7. The summed E-state index contributed by atoms with van der Waals surface area (Å²) in [6, 6.07) is 3.17. The van der Waals surface area contributed by atoms with Crippen LogP contribution in [0.2, 0.25) is 10.0 Å². The number of benzene rings is 1. The van der Waals surface area contributed by atoms with Crippen molar-refractivity contribution in [2.75, 3.05) is 0 Å². The van der Waals surface area contributed by atoms with Crippen molar-refractivity contribution < 1.29 is 9.90 Å². The molecular weight excluding hydrogens is 319 g/mol. The third-order valence-corrected chi connectivity index (χ3v) is 4.40. The second kappa shape index (κ2) is 5.99. The van der Waals surface area contributed by atoms with Crippen LogP contribution in [0.1, 0.15) is 11.3 Å². The van der Waals surface area contributed by atoms with E-state index in [-0.39, 0.29) is 6.42 Å². The molecule has 7 heteroatoms. The monoisotopic (exact) mass is 330 g/mol. The molecule has 0 radical (unpaired) electrons. The normalized spacial score (nSPS) is 11.9. The molecule has 0 unspecified atom stereocenters. The van der Waals surface area contributed by atoms with Crippen molar-refractivity contribution in [3.05, 3.63) is 43.6 Å². The van der Waals surface area contributed by atoms with Gasteiger partial charge in [0.2, 0.25) is 0 Å². The summed E-state index contributed by atoms with van der Waals surface area (Å²) in [7, 11) is 1.91. The first kappa shape index (κ1) is 15.1. The number of hydrogen-bond acceptors (Lipinski definition) is 3. The van der Waals surface area contributed by atoms with Gasteiger partial charge in [-0.3, -0.25) is 4.79 Å². The third-order valence-electron chi connectivity index (χ3n) is 2.79. The van der Waals surface area contributed by atoms with Gasteiger partial charge in [0.25, 0.3) is 0 Å². The molecule has 2 aromatic rings. The Bertz CT molecular complexity index is 711. The molecule has 1 aromatic carbocycles. The van der Waals surface area contributed by atoms with E-state index in [9.17, 15) is 4.79 Å². The van der Waals surface area contributed by atoms with E-state index in [1.807, 2.05) is 23.9 Å². The van der Waals surface area contributed by atoms with Crippen molar-refractivity contribution in [3.63, 3.8) is 0 Å². The lowest BCUT2D eigenvalue weighted by Gasteiger charge is -2.05. The predicted octanol–water partition coefficient (Wildman–Crippen LogP) is 3.56. The molecule has 0 aliphatic carbocycles. The van der Waals surface area contributed by atoms with Gasteiger partial charge in [0.05, 0.1) is 16.5 Å². The van der Waals surface area contributed by atoms with Crippen molar-refractivity contribution >= 4 is 46.2 Å². The zero-order chi connectivity index (χ0) is 14.9. The highest BCUT2D eigenvalue weighted by Gasteiger charge is 2.10. The van der Waals surface area contributed by atoms with E-state index in [1.54, 1.807) is 12.1 Å². The zero-order valence-electron chi connectivity index (χ0n) is 10.9. The van der Waals surface area contributed by atoms with E-state index >= 15 is 0 Å². The molecule has 1 N–H and O–H groups in total. The van der Waals surface area contributed by atoms with E-state index in [0.29, 0.717) is 21.3 Å². The van der Waals surface area contributed by atoms with Crippen molar-refractivity contribution in [1.82, 2.24) is 4.57 Å². The van der Waals surface area contributed by atoms with Crippen LogP contribution < -0.4 is 4.80 Å². The van der Waals surface area contributed by atoms with E-state index < -0.39 is 5.97 Å². The number of carbonyl (C=O) groups is 1. The van der Waals surface area contributed by atoms with Gasteiger partial charge in [-0.1, -0.05) is 23.2 Å². The Morgan fingerprint density at radius 2 is 2.00 bits per heavy atom. The fraction of sp³-hybridized carbons (Fsp3) is 0.231. The highest BCUT2D eigenvalue weighted by Crippen LogP contribution is 2.34. The Hall–Kier alpha value is -1.30. The van der Waals surface area contributed by atoms with Gasteiger partial charge >= 0.3 is 5.97 Å². The summed E-state index contributed by atoms with van der Waals surface area (Å²) < 4.78 is 1.93. The smallest absolute Gasteiger partial charge is 0.307 e. The lowest BCUT2D eigenvalue weighted by molar-refractivity contribution is -0.136. The molecule has 106 valence electrons. The highest BCUT2D eigenvalue weighted by molar-refractivity contribution is 7.07. The quantitative estimate of drug-likeness (QED) is 0.935. The summed E-state index contributed by atoms with van der Waals surface area (Å²) in [5.74, 6) is -0.929. The summed E-state index contributed by atoms with van der Waals surface area (Å²) in [4.78, 5) is 15.9. The van der Waals surface area contributed by atoms with Crippen LogP contribution in [0.25, 0.3) is 0 Å². The molecule has 1 aromatic heterocycles. The summed E-state index contributed by atoms with van der Waals surface area (Å²) in [6.45, 7) is 1.98. The summed E-state index contributed by atoms with van der Waals surface area (Å²) in [6.07, 6.45) is -0.119. The molecule has 0 saturated heterocycles. The number of halogens is 2. The third kappa shape index (κ3) is 3.23. The lowest BCUT2D eigenvalue weighted by atomic mass is 10.1. The molecule has 0 aliphatic heterocycles. The van der Waals surface area contributed by atoms with Crippen LogP contribution >= 0.6 is 34.5 Å². The van der Waals surface area contributed by atoms with Crippen molar-refractivity contribution in [2.45, 2.75) is 13.3 Å². The molecule has 0 amide bonds. The molecule has 0 fully saturated rings. The SMILES string of the molecule is Cc1cs/c(=N\c2c(Cl)cc(CC(=O)O)cc2Cl)n1C. The Morgan fingerprint density at radius 3 is 2.45 bits per heavy atom. The molecule has 0 aliphatic rings. The first-order valence-electron chi connectivity index (χ1n) is 5.74. The van der Waals surface area contributed by atoms with E-state index in [0.717, 1.165) is 10.5 Å². The minimum Gasteiger partial charge on any atom is -0.481 e. The minimum absolute atomic E-state index is 0.119.